The van der Waals surface area contributed by atoms with E-state index in [9.17, 15) is 18.4 Å². The normalized spacial score (nSPS) is 14.1. The number of halogens is 2. The SMILES string of the molecule is CC(F)(F)c1cc(OCC2=C(C(=O)c3ccccc3)CCC2)ccc1CCC(=O)O. The van der Waals surface area contributed by atoms with E-state index in [1.807, 2.05) is 18.2 Å². The molecule has 0 aromatic heterocycles. The first-order valence-corrected chi connectivity index (χ1v) is 9.92. The number of Topliss-reactive ketones (excluding diaryl/α,β-unsaturated/α-hetero) is 1. The Morgan fingerprint density at radius 1 is 1.10 bits per heavy atom. The van der Waals surface area contributed by atoms with E-state index in [0.717, 1.165) is 30.9 Å². The zero-order chi connectivity index (χ0) is 21.7. The first-order valence-electron chi connectivity index (χ1n) is 9.92. The van der Waals surface area contributed by atoms with Gasteiger partial charge in [-0.25, -0.2) is 8.78 Å². The second-order valence-corrected chi connectivity index (χ2v) is 7.52. The second-order valence-electron chi connectivity index (χ2n) is 7.52. The second kappa shape index (κ2) is 9.20. The lowest BCUT2D eigenvalue weighted by molar-refractivity contribution is -0.137. The average molecular weight is 414 g/mol. The maximum Gasteiger partial charge on any atom is 0.303 e. The minimum Gasteiger partial charge on any atom is -0.489 e. The first kappa shape index (κ1) is 21.7. The molecule has 2 aromatic carbocycles. The molecule has 0 saturated heterocycles. The van der Waals surface area contributed by atoms with Gasteiger partial charge in [-0.2, -0.15) is 0 Å². The van der Waals surface area contributed by atoms with Crippen LogP contribution in [0.2, 0.25) is 0 Å². The van der Waals surface area contributed by atoms with Crippen LogP contribution in [-0.2, 0) is 17.1 Å². The monoisotopic (exact) mass is 414 g/mol. The van der Waals surface area contributed by atoms with Crippen LogP contribution in [0.3, 0.4) is 0 Å². The van der Waals surface area contributed by atoms with E-state index in [2.05, 4.69) is 0 Å². The summed E-state index contributed by atoms with van der Waals surface area (Å²) in [5.74, 6) is -3.90. The van der Waals surface area contributed by atoms with Crippen molar-refractivity contribution in [2.24, 2.45) is 0 Å². The summed E-state index contributed by atoms with van der Waals surface area (Å²) in [6.07, 6.45) is 2.08. The van der Waals surface area contributed by atoms with E-state index in [0.29, 0.717) is 12.0 Å². The summed E-state index contributed by atoms with van der Waals surface area (Å²) < 4.78 is 33.9. The van der Waals surface area contributed by atoms with Gasteiger partial charge in [0.1, 0.15) is 12.4 Å². The van der Waals surface area contributed by atoms with Crippen molar-refractivity contribution in [3.63, 3.8) is 0 Å². The molecule has 0 spiro atoms. The number of carboxylic acid groups (broad SMARTS) is 1. The summed E-state index contributed by atoms with van der Waals surface area (Å²) >= 11 is 0. The molecule has 1 aliphatic rings. The molecule has 0 saturated carbocycles. The number of ketones is 1. The summed E-state index contributed by atoms with van der Waals surface area (Å²) in [6.45, 7) is 0.948. The number of carbonyl (C=O) groups excluding carboxylic acids is 1. The van der Waals surface area contributed by atoms with Crippen LogP contribution in [0.25, 0.3) is 0 Å². The van der Waals surface area contributed by atoms with Crippen LogP contribution in [0.4, 0.5) is 8.78 Å². The topological polar surface area (TPSA) is 63.6 Å². The zero-order valence-corrected chi connectivity index (χ0v) is 16.8. The first-order chi connectivity index (χ1) is 14.3. The number of alkyl halides is 2. The van der Waals surface area contributed by atoms with Gasteiger partial charge in [0.2, 0.25) is 0 Å². The number of ether oxygens (including phenoxy) is 1. The van der Waals surface area contributed by atoms with Crippen molar-refractivity contribution in [2.45, 2.75) is 45.0 Å². The Labute approximate surface area is 174 Å². The molecule has 0 atom stereocenters. The Kier molecular flexibility index (Phi) is 6.65. The standard InChI is InChI=1S/C24H24F2O4/c1-24(25,26)21-14-19(12-10-16(21)11-13-22(27)28)30-15-18-8-5-9-20(18)23(29)17-6-3-2-4-7-17/h2-4,6-7,10,12,14H,5,8-9,11,13,15H2,1H3,(H,27,28). The van der Waals surface area contributed by atoms with Crippen LogP contribution in [0.1, 0.15) is 54.1 Å². The minimum absolute atomic E-state index is 0.0171. The van der Waals surface area contributed by atoms with Gasteiger partial charge in [0, 0.05) is 30.0 Å². The van der Waals surface area contributed by atoms with E-state index in [-0.39, 0.29) is 42.1 Å². The Hall–Kier alpha value is -3.02. The molecular formula is C24H24F2O4. The molecule has 30 heavy (non-hydrogen) atoms. The third-order valence-electron chi connectivity index (χ3n) is 5.22. The lowest BCUT2D eigenvalue weighted by Gasteiger charge is -2.18. The molecule has 1 aliphatic carbocycles. The predicted octanol–water partition coefficient (Wildman–Crippen LogP) is 5.56. The Morgan fingerprint density at radius 2 is 1.83 bits per heavy atom. The number of benzene rings is 2. The number of rotatable bonds is 9. The van der Waals surface area contributed by atoms with E-state index >= 15 is 0 Å². The van der Waals surface area contributed by atoms with Gasteiger partial charge in [0.05, 0.1) is 0 Å². The van der Waals surface area contributed by atoms with Gasteiger partial charge >= 0.3 is 5.97 Å². The Morgan fingerprint density at radius 3 is 2.50 bits per heavy atom. The molecule has 0 unspecified atom stereocenters. The van der Waals surface area contributed by atoms with Gasteiger partial charge in [-0.3, -0.25) is 9.59 Å². The molecule has 0 fully saturated rings. The molecule has 2 aromatic rings. The number of carboxylic acids is 1. The van der Waals surface area contributed by atoms with Gasteiger partial charge < -0.3 is 9.84 Å². The highest BCUT2D eigenvalue weighted by molar-refractivity contribution is 6.09. The van der Waals surface area contributed by atoms with Crippen molar-refractivity contribution in [3.05, 3.63) is 76.4 Å². The predicted molar refractivity (Wildman–Crippen MR) is 109 cm³/mol. The summed E-state index contributed by atoms with van der Waals surface area (Å²) in [5, 5.41) is 8.84. The fraction of sp³-hybridized carbons (Fsp3) is 0.333. The van der Waals surface area contributed by atoms with E-state index in [4.69, 9.17) is 9.84 Å². The van der Waals surface area contributed by atoms with Crippen LogP contribution in [0.5, 0.6) is 5.75 Å². The van der Waals surface area contributed by atoms with Crippen molar-refractivity contribution < 1.29 is 28.2 Å². The van der Waals surface area contributed by atoms with E-state index in [1.54, 1.807) is 18.2 Å². The number of hydrogen-bond donors (Lipinski definition) is 1. The zero-order valence-electron chi connectivity index (χ0n) is 16.8. The Balaban J connectivity index is 1.77. The smallest absolute Gasteiger partial charge is 0.303 e. The Bertz CT molecular complexity index is 959. The molecule has 0 heterocycles. The molecule has 0 radical (unpaired) electrons. The lowest BCUT2D eigenvalue weighted by atomic mass is 9.98. The van der Waals surface area contributed by atoms with Crippen LogP contribution >= 0.6 is 0 Å². The maximum absolute atomic E-state index is 14.1. The summed E-state index contributed by atoms with van der Waals surface area (Å²) in [6, 6.07) is 13.4. The molecule has 0 bridgehead atoms. The van der Waals surface area contributed by atoms with Crippen molar-refractivity contribution >= 4 is 11.8 Å². The van der Waals surface area contributed by atoms with Crippen LogP contribution in [0, 0.1) is 0 Å². The molecule has 158 valence electrons. The van der Waals surface area contributed by atoms with Crippen molar-refractivity contribution in [2.75, 3.05) is 6.61 Å². The highest BCUT2D eigenvalue weighted by Gasteiger charge is 2.28. The maximum atomic E-state index is 14.1. The van der Waals surface area contributed by atoms with Crippen molar-refractivity contribution in [1.29, 1.82) is 0 Å². The third-order valence-corrected chi connectivity index (χ3v) is 5.22. The summed E-state index contributed by atoms with van der Waals surface area (Å²) in [5.41, 5.74) is 2.31. The molecule has 0 amide bonds. The number of allylic oxidation sites excluding steroid dienone is 1. The van der Waals surface area contributed by atoms with Gasteiger partial charge in [0.25, 0.3) is 5.92 Å². The van der Waals surface area contributed by atoms with Gasteiger partial charge in [0.15, 0.2) is 5.78 Å². The average Bonchev–Trinajstić information content (AvgIpc) is 3.19. The van der Waals surface area contributed by atoms with Crippen LogP contribution in [-0.4, -0.2) is 23.5 Å². The quantitative estimate of drug-likeness (QED) is 0.546. The highest BCUT2D eigenvalue weighted by atomic mass is 19.3. The van der Waals surface area contributed by atoms with Gasteiger partial charge in [-0.15, -0.1) is 0 Å². The molecule has 4 nitrogen and oxygen atoms in total. The molecule has 6 heteroatoms. The van der Waals surface area contributed by atoms with Crippen molar-refractivity contribution in [3.8, 4) is 5.75 Å². The number of hydrogen-bond acceptors (Lipinski definition) is 3. The summed E-state index contributed by atoms with van der Waals surface area (Å²) in [4.78, 5) is 23.6. The van der Waals surface area contributed by atoms with E-state index in [1.165, 1.54) is 12.1 Å². The fourth-order valence-electron chi connectivity index (χ4n) is 3.69. The number of aliphatic carboxylic acids is 1. The molecular weight excluding hydrogens is 390 g/mol. The lowest BCUT2D eigenvalue weighted by Crippen LogP contribution is -2.13. The molecule has 1 N–H and O–H groups in total. The highest BCUT2D eigenvalue weighted by Crippen LogP contribution is 2.34. The summed E-state index contributed by atoms with van der Waals surface area (Å²) in [7, 11) is 0. The van der Waals surface area contributed by atoms with Crippen LogP contribution < -0.4 is 4.74 Å². The third kappa shape index (κ3) is 5.32. The minimum atomic E-state index is -3.12. The number of aryl methyl sites for hydroxylation is 1. The number of carbonyl (C=O) groups is 2. The largest absolute Gasteiger partial charge is 0.489 e. The fourth-order valence-corrected chi connectivity index (χ4v) is 3.69. The molecule has 0 aliphatic heterocycles. The van der Waals surface area contributed by atoms with E-state index < -0.39 is 11.9 Å². The molecule has 3 rings (SSSR count). The van der Waals surface area contributed by atoms with Crippen LogP contribution in [0.15, 0.2) is 59.7 Å². The van der Waals surface area contributed by atoms with Gasteiger partial charge in [-0.1, -0.05) is 36.4 Å². The van der Waals surface area contributed by atoms with Gasteiger partial charge in [-0.05, 0) is 49.0 Å². The van der Waals surface area contributed by atoms with Crippen molar-refractivity contribution in [1.82, 2.24) is 0 Å².